The van der Waals surface area contributed by atoms with E-state index in [0.29, 0.717) is 27.1 Å². The number of aryl methyl sites for hydroxylation is 1. The van der Waals surface area contributed by atoms with Gasteiger partial charge in [0.2, 0.25) is 11.4 Å². The molecule has 0 saturated heterocycles. The van der Waals surface area contributed by atoms with Crippen LogP contribution in [0.2, 0.25) is 0 Å². The van der Waals surface area contributed by atoms with Crippen LogP contribution in [-0.4, -0.2) is 0 Å². The molecular formula is C30H14N6. The third kappa shape index (κ3) is 3.21. The molecule has 36 heavy (non-hydrogen) atoms. The van der Waals surface area contributed by atoms with Crippen LogP contribution in [0.3, 0.4) is 0 Å². The first-order chi connectivity index (χ1) is 17.5. The Kier molecular flexibility index (Phi) is 5.90. The van der Waals surface area contributed by atoms with E-state index in [9.17, 15) is 15.8 Å². The van der Waals surface area contributed by atoms with Crippen molar-refractivity contribution in [2.24, 2.45) is 0 Å². The minimum absolute atomic E-state index is 0.0110. The van der Waals surface area contributed by atoms with E-state index in [1.54, 1.807) is 6.07 Å². The van der Waals surface area contributed by atoms with Crippen molar-refractivity contribution < 1.29 is 0 Å². The highest BCUT2D eigenvalue weighted by molar-refractivity contribution is 6.26. The minimum Gasteiger partial charge on any atom is -0.262 e. The van der Waals surface area contributed by atoms with E-state index in [-0.39, 0.29) is 33.8 Å². The van der Waals surface area contributed by atoms with Gasteiger partial charge in [-0.2, -0.15) is 15.8 Å². The Labute approximate surface area is 208 Å². The smallest absolute Gasteiger partial charge is 0.202 e. The van der Waals surface area contributed by atoms with E-state index < -0.39 is 0 Å². The Hall–Kier alpha value is -5.92. The zero-order chi connectivity index (χ0) is 26.0. The van der Waals surface area contributed by atoms with Gasteiger partial charge in [0.15, 0.2) is 5.69 Å². The van der Waals surface area contributed by atoms with E-state index in [4.69, 9.17) is 19.7 Å². The molecule has 0 spiro atoms. The predicted molar refractivity (Wildman–Crippen MR) is 139 cm³/mol. The highest BCUT2D eigenvalue weighted by Gasteiger charge is 2.27. The lowest BCUT2D eigenvalue weighted by molar-refractivity contribution is 1.44. The monoisotopic (exact) mass is 458 g/mol. The molecule has 0 saturated carbocycles. The van der Waals surface area contributed by atoms with Gasteiger partial charge < -0.3 is 0 Å². The first-order valence-corrected chi connectivity index (χ1v) is 10.7. The lowest BCUT2D eigenvalue weighted by atomic mass is 9.83. The Morgan fingerprint density at radius 1 is 0.778 bits per heavy atom. The molecule has 4 aromatic carbocycles. The van der Waals surface area contributed by atoms with E-state index in [0.717, 1.165) is 16.7 Å². The topological polar surface area (TPSA) is 84.4 Å². The molecule has 0 fully saturated rings. The lowest BCUT2D eigenvalue weighted by Crippen LogP contribution is -1.97. The minimum atomic E-state index is -0.188. The van der Waals surface area contributed by atoms with Gasteiger partial charge in [-0.3, -0.25) is 14.5 Å². The summed E-state index contributed by atoms with van der Waals surface area (Å²) in [7, 11) is 0. The summed E-state index contributed by atoms with van der Waals surface area (Å²) in [5, 5.41) is 31.4. The van der Waals surface area contributed by atoms with Crippen LogP contribution >= 0.6 is 0 Å². The van der Waals surface area contributed by atoms with Crippen LogP contribution in [-0.2, 0) is 0 Å². The maximum atomic E-state index is 10.2. The summed E-state index contributed by atoms with van der Waals surface area (Å²) in [5.41, 5.74) is 2.94. The third-order valence-electron chi connectivity index (χ3n) is 6.14. The molecule has 0 unspecified atom stereocenters. The van der Waals surface area contributed by atoms with Crippen LogP contribution in [0.15, 0.2) is 42.5 Å². The van der Waals surface area contributed by atoms with Crippen LogP contribution < -0.4 is 0 Å². The molecule has 0 radical (unpaired) electrons. The van der Waals surface area contributed by atoms with Crippen molar-refractivity contribution in [1.29, 1.82) is 15.8 Å². The summed E-state index contributed by atoms with van der Waals surface area (Å²) in [4.78, 5) is 10.7. The van der Waals surface area contributed by atoms with Crippen molar-refractivity contribution in [3.8, 4) is 29.3 Å². The number of benzene rings is 4. The molecule has 0 amide bonds. The average Bonchev–Trinajstić information content (AvgIpc) is 2.91. The Bertz CT molecular complexity index is 1920. The fourth-order valence-electron chi connectivity index (χ4n) is 4.67. The molecule has 0 bridgehead atoms. The molecular weight excluding hydrogens is 444 g/mol. The van der Waals surface area contributed by atoms with E-state index in [2.05, 4.69) is 26.7 Å². The SMILES string of the molecule is [C-]#[N+]c1c([N+]#[C-])c(C#N)c2c(c1[N+]#[C-])c(-c1ccccc1/C=C\C)c(C)c1cc(C#N)c(C#N)cc12. The quantitative estimate of drug-likeness (QED) is 0.224. The Morgan fingerprint density at radius 3 is 1.94 bits per heavy atom. The highest BCUT2D eigenvalue weighted by Crippen LogP contribution is 2.53. The molecule has 4 rings (SSSR count). The molecule has 0 aromatic heterocycles. The second-order valence-corrected chi connectivity index (χ2v) is 7.87. The maximum Gasteiger partial charge on any atom is 0.202 e. The maximum absolute atomic E-state index is 10.2. The summed E-state index contributed by atoms with van der Waals surface area (Å²) >= 11 is 0. The number of hydrogen-bond acceptors (Lipinski definition) is 3. The van der Waals surface area contributed by atoms with E-state index in [1.807, 2.05) is 56.3 Å². The fraction of sp³-hybridized carbons (Fsp3) is 0.0667. The molecule has 0 atom stereocenters. The number of nitrogens with zero attached hydrogens (tertiary/aromatic N) is 6. The van der Waals surface area contributed by atoms with E-state index in [1.165, 1.54) is 6.07 Å². The van der Waals surface area contributed by atoms with Crippen LogP contribution in [0.25, 0.3) is 53.3 Å². The predicted octanol–water partition coefficient (Wildman–Crippen LogP) is 8.27. The van der Waals surface area contributed by atoms with E-state index >= 15 is 0 Å². The molecule has 6 heteroatoms. The van der Waals surface area contributed by atoms with Gasteiger partial charge in [0.05, 0.1) is 42.5 Å². The molecule has 164 valence electrons. The molecule has 0 aliphatic carbocycles. The van der Waals surface area contributed by atoms with Gasteiger partial charge in [-0.15, -0.1) is 0 Å². The molecule has 4 aromatic rings. The van der Waals surface area contributed by atoms with Gasteiger partial charge in [0, 0.05) is 0 Å². The Balaban J connectivity index is 2.53. The van der Waals surface area contributed by atoms with Crippen LogP contribution in [0.1, 0.15) is 34.7 Å². The molecule has 0 aliphatic heterocycles. The van der Waals surface area contributed by atoms with Crippen molar-refractivity contribution in [3.05, 3.63) is 105 Å². The standard InChI is InChI=1S/C30H14N6/c1-6-9-18-10-7-8-11-21(18)25-17(2)22-12-19(14-31)20(15-32)13-23(22)26-24(16-33)28(34-3)30(36-5)29(35-4)27(25)26/h6-13H,1-2H3/b9-6-. The second kappa shape index (κ2) is 9.14. The van der Waals surface area contributed by atoms with Crippen molar-refractivity contribution in [1.82, 2.24) is 0 Å². The first kappa shape index (κ1) is 23.2. The lowest BCUT2D eigenvalue weighted by Gasteiger charge is -2.21. The number of allylic oxidation sites excluding steroid dienone is 1. The van der Waals surface area contributed by atoms with Crippen LogP contribution in [0.4, 0.5) is 17.1 Å². The summed E-state index contributed by atoms with van der Waals surface area (Å²) in [6.07, 6.45) is 3.82. The zero-order valence-corrected chi connectivity index (χ0v) is 19.3. The third-order valence-corrected chi connectivity index (χ3v) is 6.14. The van der Waals surface area contributed by atoms with Crippen molar-refractivity contribution in [3.63, 3.8) is 0 Å². The van der Waals surface area contributed by atoms with Gasteiger partial charge in [-0.25, -0.2) is 0 Å². The molecule has 0 N–H and O–H groups in total. The number of hydrogen-bond donors (Lipinski definition) is 0. The van der Waals surface area contributed by atoms with Gasteiger partial charge in [0.1, 0.15) is 12.1 Å². The van der Waals surface area contributed by atoms with Crippen LogP contribution in [0.5, 0.6) is 0 Å². The summed E-state index contributed by atoms with van der Waals surface area (Å²) in [5.74, 6) is 0. The van der Waals surface area contributed by atoms with Crippen molar-refractivity contribution in [2.75, 3.05) is 0 Å². The summed E-state index contributed by atoms with van der Waals surface area (Å²) < 4.78 is 0. The van der Waals surface area contributed by atoms with Crippen LogP contribution in [0, 0.1) is 60.6 Å². The number of nitriles is 3. The zero-order valence-electron chi connectivity index (χ0n) is 19.3. The highest BCUT2D eigenvalue weighted by atomic mass is 14.8. The first-order valence-electron chi connectivity index (χ1n) is 10.7. The summed E-state index contributed by atoms with van der Waals surface area (Å²) in [6, 6.07) is 16.9. The molecule has 0 aliphatic rings. The molecule has 0 heterocycles. The van der Waals surface area contributed by atoms with Gasteiger partial charge in [0.25, 0.3) is 0 Å². The van der Waals surface area contributed by atoms with Gasteiger partial charge >= 0.3 is 0 Å². The fourth-order valence-corrected chi connectivity index (χ4v) is 4.67. The molecule has 6 nitrogen and oxygen atoms in total. The largest absolute Gasteiger partial charge is 0.262 e. The number of rotatable bonds is 2. The van der Waals surface area contributed by atoms with Crippen molar-refractivity contribution >= 4 is 44.7 Å². The number of fused-ring (bicyclic) bond motifs is 3. The van der Waals surface area contributed by atoms with Gasteiger partial charge in [-0.05, 0) is 69.8 Å². The second-order valence-electron chi connectivity index (χ2n) is 7.87. The van der Waals surface area contributed by atoms with Crippen molar-refractivity contribution in [2.45, 2.75) is 13.8 Å². The Morgan fingerprint density at radius 2 is 1.39 bits per heavy atom. The normalized spacial score (nSPS) is 10.2. The summed E-state index contributed by atoms with van der Waals surface area (Å²) in [6.45, 7) is 27.2. The van der Waals surface area contributed by atoms with Gasteiger partial charge in [-0.1, -0.05) is 36.4 Å². The average molecular weight is 458 g/mol.